The Morgan fingerprint density at radius 2 is 1.52 bits per heavy atom. The number of H-pyrrole nitrogens is 1. The summed E-state index contributed by atoms with van der Waals surface area (Å²) in [4.78, 5) is 39.8. The number of benzene rings is 2. The van der Waals surface area contributed by atoms with Crippen molar-refractivity contribution in [3.8, 4) is 16.9 Å². The summed E-state index contributed by atoms with van der Waals surface area (Å²) >= 11 is 0. The van der Waals surface area contributed by atoms with E-state index >= 15 is 0 Å². The fraction of sp³-hybridized carbons (Fsp3) is 0.553. The van der Waals surface area contributed by atoms with Crippen LogP contribution in [-0.4, -0.2) is 54.7 Å². The first-order chi connectivity index (χ1) is 22.1. The Morgan fingerprint density at radius 3 is 2.06 bits per heavy atom. The summed E-state index contributed by atoms with van der Waals surface area (Å²) in [6, 6.07) is 11.0. The predicted octanol–water partition coefficient (Wildman–Crippen LogP) is 9.04. The molecule has 264 valence electrons. The number of rotatable bonds is 14. The van der Waals surface area contributed by atoms with E-state index in [-0.39, 0.29) is 17.8 Å². The molecule has 0 fully saturated rings. The second kappa shape index (κ2) is 15.2. The highest BCUT2D eigenvalue weighted by Crippen LogP contribution is 2.44. The molecule has 1 amide bonds. The molecule has 0 aliphatic heterocycles. The maximum atomic E-state index is 12.6. The molecule has 0 aliphatic rings. The van der Waals surface area contributed by atoms with Gasteiger partial charge in [0.15, 0.2) is 0 Å². The lowest BCUT2D eigenvalue weighted by atomic mass is 9.86. The van der Waals surface area contributed by atoms with Crippen LogP contribution in [-0.2, 0) is 31.9 Å². The van der Waals surface area contributed by atoms with Crippen LogP contribution in [0.4, 0.5) is 4.79 Å². The molecule has 1 unspecified atom stereocenters. The van der Waals surface area contributed by atoms with Crippen LogP contribution in [0.25, 0.3) is 22.0 Å². The van der Waals surface area contributed by atoms with Crippen molar-refractivity contribution in [3.05, 3.63) is 53.7 Å². The van der Waals surface area contributed by atoms with E-state index in [0.29, 0.717) is 35.4 Å². The van der Waals surface area contributed by atoms with Gasteiger partial charge in [-0.1, -0.05) is 67.5 Å². The minimum Gasteiger partial charge on any atom is -0.543 e. The molecule has 0 bridgehead atoms. The molecule has 2 aromatic carbocycles. The largest absolute Gasteiger partial charge is 0.543 e. The van der Waals surface area contributed by atoms with Crippen molar-refractivity contribution in [3.63, 3.8) is 0 Å². The number of carboxylic acid groups (broad SMARTS) is 1. The van der Waals surface area contributed by atoms with Gasteiger partial charge in [0.2, 0.25) is 0 Å². The van der Waals surface area contributed by atoms with Gasteiger partial charge in [0.05, 0.1) is 6.61 Å². The number of aromatic nitrogens is 1. The fourth-order valence-corrected chi connectivity index (χ4v) is 12.0. The van der Waals surface area contributed by atoms with Crippen LogP contribution in [0.5, 0.6) is 5.75 Å². The zero-order valence-corrected chi connectivity index (χ0v) is 31.9. The van der Waals surface area contributed by atoms with Gasteiger partial charge < -0.3 is 29.3 Å². The van der Waals surface area contributed by atoms with E-state index in [9.17, 15) is 19.5 Å². The summed E-state index contributed by atoms with van der Waals surface area (Å²) in [5, 5.41) is 13.7. The van der Waals surface area contributed by atoms with Gasteiger partial charge >= 0.3 is 18.0 Å². The normalized spacial score (nSPS) is 13.2. The zero-order valence-electron chi connectivity index (χ0n) is 30.9. The van der Waals surface area contributed by atoms with Gasteiger partial charge in [0.25, 0.3) is 8.32 Å². The van der Waals surface area contributed by atoms with Crippen LogP contribution >= 0.6 is 0 Å². The Balaban J connectivity index is 2.13. The van der Waals surface area contributed by atoms with E-state index in [1.807, 2.05) is 36.5 Å². The number of aromatic amines is 1. The standard InChI is InChI=1S/C38H56N2O7Si/c1-23(2)48(24(3)4,25(5)6)47-31-16-27(17-34(35(42)43)40-36(44)46-37(8,9)10)15-29(18-31)28-13-14-33-32(19-28)30(21-39-33)20-38(11,12)22-45-26(7)41/h13-16,18-19,21,23-25,34,39H,17,20,22H2,1-12H3,(H,40,44)(H,42,43). The third-order valence-electron chi connectivity index (χ3n) is 8.83. The summed E-state index contributed by atoms with van der Waals surface area (Å²) < 4.78 is 17.8. The van der Waals surface area contributed by atoms with Gasteiger partial charge in [-0.15, -0.1) is 0 Å². The fourth-order valence-electron chi connectivity index (χ4n) is 6.82. The predicted molar refractivity (Wildman–Crippen MR) is 194 cm³/mol. The van der Waals surface area contributed by atoms with E-state index in [1.165, 1.54) is 6.92 Å². The lowest BCUT2D eigenvalue weighted by Crippen LogP contribution is -2.50. The van der Waals surface area contributed by atoms with E-state index in [2.05, 4.69) is 71.8 Å². The summed E-state index contributed by atoms with van der Waals surface area (Å²) in [5.74, 6) is -0.754. The Kier molecular flexibility index (Phi) is 12.2. The van der Waals surface area contributed by atoms with E-state index in [0.717, 1.165) is 33.2 Å². The van der Waals surface area contributed by atoms with Crippen molar-refractivity contribution < 1.29 is 33.4 Å². The molecular weight excluding hydrogens is 625 g/mol. The maximum absolute atomic E-state index is 12.6. The first kappa shape index (κ1) is 38.7. The molecule has 3 N–H and O–H groups in total. The number of fused-ring (bicyclic) bond motifs is 1. The molecule has 1 aromatic heterocycles. The summed E-state index contributed by atoms with van der Waals surface area (Å²) in [7, 11) is -2.36. The summed E-state index contributed by atoms with van der Waals surface area (Å²) in [5.41, 5.74) is 4.61. The van der Waals surface area contributed by atoms with Gasteiger partial charge in [-0.3, -0.25) is 4.79 Å². The summed E-state index contributed by atoms with van der Waals surface area (Å²) in [6.45, 7) is 24.5. The lowest BCUT2D eigenvalue weighted by molar-refractivity contribution is -0.144. The summed E-state index contributed by atoms with van der Waals surface area (Å²) in [6.07, 6.45) is 1.96. The second-order valence-electron chi connectivity index (χ2n) is 15.7. The molecule has 3 aromatic rings. The molecule has 0 saturated carbocycles. The van der Waals surface area contributed by atoms with Crippen LogP contribution < -0.4 is 9.74 Å². The number of carboxylic acids is 1. The Hall–Kier alpha value is -3.79. The number of aliphatic carboxylic acids is 1. The smallest absolute Gasteiger partial charge is 0.408 e. The van der Waals surface area contributed by atoms with Crippen molar-refractivity contribution >= 4 is 37.3 Å². The van der Waals surface area contributed by atoms with Gasteiger partial charge in [-0.2, -0.15) is 0 Å². The second-order valence-corrected chi connectivity index (χ2v) is 21.1. The van der Waals surface area contributed by atoms with Crippen LogP contribution in [0.2, 0.25) is 16.6 Å². The number of hydrogen-bond donors (Lipinski definition) is 3. The van der Waals surface area contributed by atoms with Gasteiger partial charge in [-0.25, -0.2) is 9.59 Å². The van der Waals surface area contributed by atoms with Crippen molar-refractivity contribution in [1.29, 1.82) is 0 Å². The average Bonchev–Trinajstić information content (AvgIpc) is 3.34. The van der Waals surface area contributed by atoms with Crippen molar-refractivity contribution in [2.75, 3.05) is 6.61 Å². The quantitative estimate of drug-likeness (QED) is 0.115. The number of ether oxygens (including phenoxy) is 2. The first-order valence-electron chi connectivity index (χ1n) is 16.9. The number of esters is 1. The molecule has 3 rings (SSSR count). The minimum atomic E-state index is -2.36. The third kappa shape index (κ3) is 9.87. The molecule has 10 heteroatoms. The molecule has 48 heavy (non-hydrogen) atoms. The number of carbonyl (C=O) groups is 3. The molecule has 0 radical (unpaired) electrons. The molecule has 0 spiro atoms. The van der Waals surface area contributed by atoms with E-state index in [1.54, 1.807) is 20.8 Å². The average molecular weight is 681 g/mol. The number of carbonyl (C=O) groups excluding carboxylic acids is 2. The van der Waals surface area contributed by atoms with Crippen molar-refractivity contribution in [2.45, 2.75) is 124 Å². The number of nitrogens with one attached hydrogen (secondary N) is 2. The van der Waals surface area contributed by atoms with Crippen molar-refractivity contribution in [2.24, 2.45) is 5.41 Å². The van der Waals surface area contributed by atoms with Crippen LogP contribution in [0.1, 0.15) is 94.2 Å². The SMILES string of the molecule is CC(=O)OCC(C)(C)Cc1c[nH]c2ccc(-c3cc(CC(NC(=O)OC(C)(C)C)C(=O)O)cc(O[Si](C(C)C)(C(C)C)C(C)C)c3)cc12. The van der Waals surface area contributed by atoms with Gasteiger partial charge in [0.1, 0.15) is 17.4 Å². The van der Waals surface area contributed by atoms with Gasteiger partial charge in [-0.05, 0) is 90.3 Å². The van der Waals surface area contributed by atoms with Crippen LogP contribution in [0.3, 0.4) is 0 Å². The van der Waals surface area contributed by atoms with Crippen LogP contribution in [0.15, 0.2) is 42.6 Å². The van der Waals surface area contributed by atoms with Crippen LogP contribution in [0, 0.1) is 5.41 Å². The molecule has 1 atom stereocenters. The Morgan fingerprint density at radius 1 is 0.896 bits per heavy atom. The molecule has 1 heterocycles. The highest BCUT2D eigenvalue weighted by atomic mass is 28.4. The number of amides is 1. The number of hydrogen-bond acceptors (Lipinski definition) is 6. The highest BCUT2D eigenvalue weighted by molar-refractivity contribution is 6.78. The number of alkyl carbamates (subject to hydrolysis) is 1. The zero-order chi connectivity index (χ0) is 36.2. The topological polar surface area (TPSA) is 127 Å². The minimum absolute atomic E-state index is 0.0420. The molecular formula is C38H56N2O7Si. The van der Waals surface area contributed by atoms with E-state index < -0.39 is 32.0 Å². The monoisotopic (exact) mass is 680 g/mol. The van der Waals surface area contributed by atoms with E-state index in [4.69, 9.17) is 13.9 Å². The van der Waals surface area contributed by atoms with Crippen molar-refractivity contribution in [1.82, 2.24) is 10.3 Å². The maximum Gasteiger partial charge on any atom is 0.408 e. The lowest BCUT2D eigenvalue weighted by Gasteiger charge is -2.42. The molecule has 9 nitrogen and oxygen atoms in total. The Bertz CT molecular complexity index is 1580. The molecule has 0 saturated heterocycles. The highest BCUT2D eigenvalue weighted by Gasteiger charge is 2.47. The first-order valence-corrected chi connectivity index (χ1v) is 19.1. The Labute approximate surface area is 287 Å². The third-order valence-corrected chi connectivity index (χ3v) is 14.8. The van der Waals surface area contributed by atoms with Gasteiger partial charge in [0, 0.05) is 35.9 Å². The molecule has 0 aliphatic carbocycles.